The summed E-state index contributed by atoms with van der Waals surface area (Å²) in [5.41, 5.74) is 3.63. The van der Waals surface area contributed by atoms with Crippen LogP contribution in [0.4, 0.5) is 5.69 Å². The SMILES string of the molecule is O=C(NCc1ccncc1)c1cccc(Oc2ccnc3cc(N4CCC4)ccc23)c1. The van der Waals surface area contributed by atoms with Gasteiger partial charge in [0.05, 0.1) is 5.52 Å². The molecule has 2 aromatic carbocycles. The Balaban J connectivity index is 1.33. The van der Waals surface area contributed by atoms with E-state index in [1.165, 1.54) is 12.1 Å². The molecule has 5 rings (SSSR count). The number of nitrogens with one attached hydrogen (secondary N) is 1. The first-order valence-electron chi connectivity index (χ1n) is 10.3. The minimum Gasteiger partial charge on any atom is -0.457 e. The van der Waals surface area contributed by atoms with Gasteiger partial charge < -0.3 is 15.0 Å². The van der Waals surface area contributed by atoms with Crippen LogP contribution < -0.4 is 15.0 Å². The normalized spacial score (nSPS) is 13.0. The van der Waals surface area contributed by atoms with Crippen molar-refractivity contribution < 1.29 is 9.53 Å². The zero-order valence-electron chi connectivity index (χ0n) is 17.0. The molecule has 3 heterocycles. The second-order valence-corrected chi connectivity index (χ2v) is 7.52. The van der Waals surface area contributed by atoms with Crippen molar-refractivity contribution in [1.82, 2.24) is 15.3 Å². The largest absolute Gasteiger partial charge is 0.457 e. The van der Waals surface area contributed by atoms with Gasteiger partial charge in [-0.3, -0.25) is 14.8 Å². The Morgan fingerprint density at radius 2 is 1.87 bits per heavy atom. The molecule has 0 atom stereocenters. The maximum atomic E-state index is 12.6. The van der Waals surface area contributed by atoms with E-state index < -0.39 is 0 Å². The van der Waals surface area contributed by atoms with Gasteiger partial charge in [-0.2, -0.15) is 0 Å². The smallest absolute Gasteiger partial charge is 0.251 e. The van der Waals surface area contributed by atoms with E-state index in [1.807, 2.05) is 30.3 Å². The Morgan fingerprint density at radius 3 is 2.68 bits per heavy atom. The number of hydrogen-bond donors (Lipinski definition) is 1. The van der Waals surface area contributed by atoms with Crippen LogP contribution in [-0.2, 0) is 6.54 Å². The molecule has 1 N–H and O–H groups in total. The highest BCUT2D eigenvalue weighted by Crippen LogP contribution is 2.32. The van der Waals surface area contributed by atoms with Crippen molar-refractivity contribution >= 4 is 22.5 Å². The van der Waals surface area contributed by atoms with E-state index in [1.54, 1.807) is 30.7 Å². The van der Waals surface area contributed by atoms with Crippen LogP contribution in [0, 0.1) is 0 Å². The van der Waals surface area contributed by atoms with E-state index in [0.29, 0.717) is 17.9 Å². The monoisotopic (exact) mass is 410 g/mol. The number of amides is 1. The molecular weight excluding hydrogens is 388 g/mol. The lowest BCUT2D eigenvalue weighted by Gasteiger charge is -2.33. The predicted octanol–water partition coefficient (Wildman–Crippen LogP) is 4.56. The van der Waals surface area contributed by atoms with E-state index in [9.17, 15) is 4.79 Å². The molecule has 1 saturated heterocycles. The Hall–Kier alpha value is -3.93. The molecular formula is C25H22N4O2. The summed E-state index contributed by atoms with van der Waals surface area (Å²) in [7, 11) is 0. The molecule has 0 saturated carbocycles. The van der Waals surface area contributed by atoms with Gasteiger partial charge in [-0.1, -0.05) is 6.07 Å². The lowest BCUT2D eigenvalue weighted by atomic mass is 10.1. The molecule has 0 bridgehead atoms. The molecule has 2 aromatic heterocycles. The Labute approximate surface area is 180 Å². The fourth-order valence-corrected chi connectivity index (χ4v) is 3.58. The van der Waals surface area contributed by atoms with Gasteiger partial charge in [0, 0.05) is 54.9 Å². The fourth-order valence-electron chi connectivity index (χ4n) is 3.58. The van der Waals surface area contributed by atoms with Crippen LogP contribution in [0.25, 0.3) is 10.9 Å². The van der Waals surface area contributed by atoms with Crippen LogP contribution in [0.3, 0.4) is 0 Å². The van der Waals surface area contributed by atoms with Gasteiger partial charge in [-0.25, -0.2) is 0 Å². The first-order chi connectivity index (χ1) is 15.3. The molecule has 6 nitrogen and oxygen atoms in total. The van der Waals surface area contributed by atoms with Crippen LogP contribution in [0.1, 0.15) is 22.3 Å². The third-order valence-electron chi connectivity index (χ3n) is 5.43. The maximum absolute atomic E-state index is 12.6. The summed E-state index contributed by atoms with van der Waals surface area (Å²) < 4.78 is 6.14. The average molecular weight is 410 g/mol. The molecule has 0 unspecified atom stereocenters. The first kappa shape index (κ1) is 19.1. The number of rotatable bonds is 6. The highest BCUT2D eigenvalue weighted by atomic mass is 16.5. The molecule has 1 amide bonds. The van der Waals surface area contributed by atoms with Crippen molar-refractivity contribution in [2.75, 3.05) is 18.0 Å². The van der Waals surface area contributed by atoms with Crippen molar-refractivity contribution in [3.63, 3.8) is 0 Å². The standard InChI is InChI=1S/C25H22N4O2/c30-25(28-17-18-7-10-26-11-8-18)19-3-1-4-21(15-19)31-24-9-12-27-23-16-20(5-6-22(23)24)29-13-2-14-29/h1,3-12,15-16H,2,13-14,17H2,(H,28,30). The molecule has 6 heteroatoms. The minimum absolute atomic E-state index is 0.152. The number of carbonyl (C=O) groups is 1. The van der Waals surface area contributed by atoms with Gasteiger partial charge in [0.1, 0.15) is 11.5 Å². The van der Waals surface area contributed by atoms with E-state index in [2.05, 4.69) is 38.4 Å². The summed E-state index contributed by atoms with van der Waals surface area (Å²) in [5, 5.41) is 3.87. The lowest BCUT2D eigenvalue weighted by molar-refractivity contribution is 0.0950. The summed E-state index contributed by atoms with van der Waals surface area (Å²) in [6.07, 6.45) is 6.41. The molecule has 1 fully saturated rings. The lowest BCUT2D eigenvalue weighted by Crippen LogP contribution is -2.36. The first-order valence-corrected chi connectivity index (χ1v) is 10.3. The molecule has 1 aliphatic rings. The summed E-state index contributed by atoms with van der Waals surface area (Å²) in [4.78, 5) is 23.4. The molecule has 31 heavy (non-hydrogen) atoms. The van der Waals surface area contributed by atoms with Crippen LogP contribution in [0.2, 0.25) is 0 Å². The van der Waals surface area contributed by atoms with Crippen molar-refractivity contribution in [3.05, 3.63) is 90.4 Å². The van der Waals surface area contributed by atoms with Crippen LogP contribution in [-0.4, -0.2) is 29.0 Å². The van der Waals surface area contributed by atoms with Gasteiger partial charge in [0.2, 0.25) is 0 Å². The molecule has 4 aromatic rings. The third-order valence-corrected chi connectivity index (χ3v) is 5.43. The summed E-state index contributed by atoms with van der Waals surface area (Å²) in [6, 6.07) is 19.1. The Morgan fingerprint density at radius 1 is 1.00 bits per heavy atom. The van der Waals surface area contributed by atoms with E-state index in [-0.39, 0.29) is 5.91 Å². The number of pyridine rings is 2. The Kier molecular flexibility index (Phi) is 5.19. The highest BCUT2D eigenvalue weighted by molar-refractivity contribution is 5.94. The fraction of sp³-hybridized carbons (Fsp3) is 0.160. The van der Waals surface area contributed by atoms with E-state index >= 15 is 0 Å². The van der Waals surface area contributed by atoms with Gasteiger partial charge in [0.25, 0.3) is 5.91 Å². The number of carbonyl (C=O) groups excluding carboxylic acids is 1. The van der Waals surface area contributed by atoms with Gasteiger partial charge in [-0.15, -0.1) is 0 Å². The van der Waals surface area contributed by atoms with Crippen molar-refractivity contribution in [2.24, 2.45) is 0 Å². The molecule has 0 spiro atoms. The highest BCUT2D eigenvalue weighted by Gasteiger charge is 2.16. The summed E-state index contributed by atoms with van der Waals surface area (Å²) in [6.45, 7) is 2.64. The molecule has 0 aliphatic carbocycles. The van der Waals surface area contributed by atoms with Crippen LogP contribution in [0.15, 0.2) is 79.3 Å². The number of anilines is 1. The van der Waals surface area contributed by atoms with Gasteiger partial charge >= 0.3 is 0 Å². The molecule has 154 valence electrons. The van der Waals surface area contributed by atoms with Crippen molar-refractivity contribution in [2.45, 2.75) is 13.0 Å². The van der Waals surface area contributed by atoms with Crippen LogP contribution in [0.5, 0.6) is 11.5 Å². The summed E-state index contributed by atoms with van der Waals surface area (Å²) in [5.74, 6) is 1.17. The second-order valence-electron chi connectivity index (χ2n) is 7.52. The van der Waals surface area contributed by atoms with E-state index in [4.69, 9.17) is 4.74 Å². The minimum atomic E-state index is -0.152. The van der Waals surface area contributed by atoms with Crippen molar-refractivity contribution in [1.29, 1.82) is 0 Å². The number of fused-ring (bicyclic) bond motifs is 1. The zero-order valence-corrected chi connectivity index (χ0v) is 17.0. The maximum Gasteiger partial charge on any atom is 0.251 e. The number of benzene rings is 2. The quantitative estimate of drug-likeness (QED) is 0.505. The van der Waals surface area contributed by atoms with Crippen LogP contribution >= 0.6 is 0 Å². The third kappa shape index (κ3) is 4.19. The van der Waals surface area contributed by atoms with E-state index in [0.717, 1.165) is 35.3 Å². The zero-order chi connectivity index (χ0) is 21.0. The Bertz CT molecular complexity index is 1220. The number of aromatic nitrogens is 2. The second kappa shape index (κ2) is 8.44. The van der Waals surface area contributed by atoms with Gasteiger partial charge in [-0.05, 0) is 66.6 Å². The predicted molar refractivity (Wildman–Crippen MR) is 120 cm³/mol. The number of ether oxygens (including phenoxy) is 1. The molecule has 0 radical (unpaired) electrons. The topological polar surface area (TPSA) is 67.3 Å². The van der Waals surface area contributed by atoms with Crippen molar-refractivity contribution in [3.8, 4) is 11.5 Å². The summed E-state index contributed by atoms with van der Waals surface area (Å²) >= 11 is 0. The number of hydrogen-bond acceptors (Lipinski definition) is 5. The van der Waals surface area contributed by atoms with Gasteiger partial charge in [0.15, 0.2) is 0 Å². The number of nitrogens with zero attached hydrogens (tertiary/aromatic N) is 3. The molecule has 1 aliphatic heterocycles. The average Bonchev–Trinajstić information content (AvgIpc) is 2.77.